The fourth-order valence-corrected chi connectivity index (χ4v) is 4.81. The summed E-state index contributed by atoms with van der Waals surface area (Å²) in [4.78, 5) is 14.7. The van der Waals surface area contributed by atoms with Gasteiger partial charge < -0.3 is 9.64 Å². The molecule has 0 N–H and O–H groups in total. The molecule has 0 aliphatic carbocycles. The number of morpholine rings is 1. The molecule has 0 bridgehead atoms. The number of ether oxygens (including phenoxy) is 1. The maximum Gasteiger partial charge on any atom is 0.253 e. The molecule has 1 aliphatic heterocycles. The van der Waals surface area contributed by atoms with Crippen molar-refractivity contribution >= 4 is 27.5 Å². The van der Waals surface area contributed by atoms with Crippen molar-refractivity contribution in [1.82, 2.24) is 9.21 Å². The number of benzene rings is 2. The van der Waals surface area contributed by atoms with Gasteiger partial charge >= 0.3 is 0 Å². The highest BCUT2D eigenvalue weighted by molar-refractivity contribution is 7.89. The first-order chi connectivity index (χ1) is 13.8. The largest absolute Gasteiger partial charge is 0.379 e. The zero-order valence-electron chi connectivity index (χ0n) is 16.5. The highest BCUT2D eigenvalue weighted by Gasteiger charge is 2.27. The van der Waals surface area contributed by atoms with Gasteiger partial charge in [-0.1, -0.05) is 29.8 Å². The zero-order chi connectivity index (χ0) is 21.0. The van der Waals surface area contributed by atoms with E-state index in [1.165, 1.54) is 16.4 Å². The van der Waals surface area contributed by atoms with Crippen LogP contribution < -0.4 is 0 Å². The maximum atomic E-state index is 13.0. The highest BCUT2D eigenvalue weighted by Crippen LogP contribution is 2.20. The van der Waals surface area contributed by atoms with Gasteiger partial charge in [0.05, 0.1) is 18.1 Å². The Morgan fingerprint density at radius 2 is 1.83 bits per heavy atom. The summed E-state index contributed by atoms with van der Waals surface area (Å²) < 4.78 is 32.4. The second-order valence-electron chi connectivity index (χ2n) is 7.14. The molecule has 0 saturated carbocycles. The Hall–Kier alpha value is -1.93. The Morgan fingerprint density at radius 3 is 2.48 bits per heavy atom. The lowest BCUT2D eigenvalue weighted by molar-refractivity contribution is 0.0729. The van der Waals surface area contributed by atoms with E-state index in [0.717, 1.165) is 5.56 Å². The van der Waals surface area contributed by atoms with Crippen LogP contribution in [0.4, 0.5) is 0 Å². The van der Waals surface area contributed by atoms with E-state index in [4.69, 9.17) is 16.3 Å². The molecular weight excluding hydrogens is 412 g/mol. The van der Waals surface area contributed by atoms with Crippen LogP contribution in [0.1, 0.15) is 22.8 Å². The minimum Gasteiger partial charge on any atom is -0.379 e. The molecule has 1 aliphatic rings. The first-order valence-corrected chi connectivity index (χ1v) is 11.3. The van der Waals surface area contributed by atoms with Crippen LogP contribution in [0, 0.1) is 0 Å². The third-order valence-electron chi connectivity index (χ3n) is 5.11. The van der Waals surface area contributed by atoms with Crippen molar-refractivity contribution < 1.29 is 17.9 Å². The summed E-state index contributed by atoms with van der Waals surface area (Å²) in [6.07, 6.45) is 0.672. The van der Waals surface area contributed by atoms with E-state index < -0.39 is 10.0 Å². The van der Waals surface area contributed by atoms with Crippen molar-refractivity contribution in [3.8, 4) is 0 Å². The number of rotatable bonds is 6. The minimum absolute atomic E-state index is 0.0665. The van der Waals surface area contributed by atoms with Gasteiger partial charge in [0.1, 0.15) is 0 Å². The van der Waals surface area contributed by atoms with Crippen LogP contribution in [0.3, 0.4) is 0 Å². The molecule has 29 heavy (non-hydrogen) atoms. The monoisotopic (exact) mass is 436 g/mol. The molecule has 2 aromatic carbocycles. The third kappa shape index (κ3) is 5.17. The van der Waals surface area contributed by atoms with E-state index in [9.17, 15) is 13.2 Å². The highest BCUT2D eigenvalue weighted by atomic mass is 35.5. The first-order valence-electron chi connectivity index (χ1n) is 9.48. The van der Waals surface area contributed by atoms with Crippen molar-refractivity contribution in [3.63, 3.8) is 0 Å². The van der Waals surface area contributed by atoms with Crippen molar-refractivity contribution in [2.75, 3.05) is 33.4 Å². The van der Waals surface area contributed by atoms with Gasteiger partial charge in [-0.25, -0.2) is 8.42 Å². The smallest absolute Gasteiger partial charge is 0.253 e. The van der Waals surface area contributed by atoms with E-state index >= 15 is 0 Å². The molecule has 0 aromatic heterocycles. The SMILES string of the molecule is CC(Cc1ccc(Cl)cc1)N(C)C(=O)c1cccc(S(=O)(=O)N2CCOCC2)c1. The fourth-order valence-electron chi connectivity index (χ4n) is 3.23. The van der Waals surface area contributed by atoms with Crippen molar-refractivity contribution in [2.24, 2.45) is 0 Å². The van der Waals surface area contributed by atoms with Crippen LogP contribution in [0.5, 0.6) is 0 Å². The number of nitrogens with zero attached hydrogens (tertiary/aromatic N) is 2. The Balaban J connectivity index is 1.75. The maximum absolute atomic E-state index is 13.0. The summed E-state index contributed by atoms with van der Waals surface area (Å²) in [7, 11) is -1.92. The average molecular weight is 437 g/mol. The van der Waals surface area contributed by atoms with Crippen molar-refractivity contribution in [2.45, 2.75) is 24.3 Å². The third-order valence-corrected chi connectivity index (χ3v) is 7.26. The van der Waals surface area contributed by atoms with Gasteiger partial charge in [0.15, 0.2) is 0 Å². The Kier molecular flexibility index (Phi) is 6.95. The normalized spacial score (nSPS) is 16.4. The average Bonchev–Trinajstić information content (AvgIpc) is 2.75. The standard InChI is InChI=1S/C21H25ClN2O4S/c1-16(14-17-6-8-19(22)9-7-17)23(2)21(25)18-4-3-5-20(15-18)29(26,27)24-10-12-28-13-11-24/h3-9,15-16H,10-14H2,1-2H3. The second-order valence-corrected chi connectivity index (χ2v) is 9.51. The van der Waals surface area contributed by atoms with Gasteiger partial charge in [0.25, 0.3) is 5.91 Å². The lowest BCUT2D eigenvalue weighted by Gasteiger charge is -2.27. The summed E-state index contributed by atoms with van der Waals surface area (Å²) in [5.41, 5.74) is 1.43. The molecule has 1 saturated heterocycles. The Bertz CT molecular complexity index is 957. The number of amides is 1. The van der Waals surface area contributed by atoms with Crippen LogP contribution in [0.15, 0.2) is 53.4 Å². The molecule has 1 unspecified atom stereocenters. The summed E-state index contributed by atoms with van der Waals surface area (Å²) in [5.74, 6) is -0.217. The number of likely N-dealkylation sites (N-methyl/N-ethyl adjacent to an activating group) is 1. The number of carbonyl (C=O) groups excluding carboxylic acids is 1. The van der Waals surface area contributed by atoms with E-state index in [-0.39, 0.29) is 16.8 Å². The number of halogens is 1. The summed E-state index contributed by atoms with van der Waals surface area (Å²) >= 11 is 5.92. The molecule has 2 aromatic rings. The molecule has 3 rings (SSSR count). The van der Waals surface area contributed by atoms with Crippen LogP contribution in [-0.2, 0) is 21.2 Å². The lowest BCUT2D eigenvalue weighted by atomic mass is 10.1. The van der Waals surface area contributed by atoms with Gasteiger partial charge in [-0.15, -0.1) is 0 Å². The molecule has 6 nitrogen and oxygen atoms in total. The van der Waals surface area contributed by atoms with Crippen molar-refractivity contribution in [3.05, 3.63) is 64.7 Å². The fraction of sp³-hybridized carbons (Fsp3) is 0.381. The molecule has 156 valence electrons. The van der Waals surface area contributed by atoms with Gasteiger partial charge in [-0.05, 0) is 49.2 Å². The number of hydrogen-bond donors (Lipinski definition) is 0. The second kappa shape index (κ2) is 9.26. The molecule has 1 amide bonds. The molecule has 1 heterocycles. The van der Waals surface area contributed by atoms with E-state index in [1.807, 2.05) is 31.2 Å². The summed E-state index contributed by atoms with van der Waals surface area (Å²) in [5, 5.41) is 0.670. The van der Waals surface area contributed by atoms with Gasteiger partial charge in [0, 0.05) is 36.8 Å². The van der Waals surface area contributed by atoms with Crippen LogP contribution in [0.25, 0.3) is 0 Å². The van der Waals surface area contributed by atoms with E-state index in [1.54, 1.807) is 24.1 Å². The van der Waals surface area contributed by atoms with Gasteiger partial charge in [0.2, 0.25) is 10.0 Å². The van der Waals surface area contributed by atoms with Crippen molar-refractivity contribution in [1.29, 1.82) is 0 Å². The van der Waals surface area contributed by atoms with Gasteiger partial charge in [-0.3, -0.25) is 4.79 Å². The summed E-state index contributed by atoms with van der Waals surface area (Å²) in [6.45, 7) is 3.35. The number of sulfonamides is 1. The van der Waals surface area contributed by atoms with E-state index in [2.05, 4.69) is 0 Å². The minimum atomic E-state index is -3.65. The molecule has 1 fully saturated rings. The Morgan fingerprint density at radius 1 is 1.17 bits per heavy atom. The van der Waals surface area contributed by atoms with Crippen LogP contribution in [0.2, 0.25) is 5.02 Å². The predicted molar refractivity (Wildman–Crippen MR) is 113 cm³/mol. The van der Waals surface area contributed by atoms with Crippen LogP contribution >= 0.6 is 11.6 Å². The van der Waals surface area contributed by atoms with E-state index in [0.29, 0.717) is 43.3 Å². The Labute approximate surface area is 177 Å². The number of hydrogen-bond acceptors (Lipinski definition) is 4. The molecule has 0 radical (unpaired) electrons. The quantitative estimate of drug-likeness (QED) is 0.698. The topological polar surface area (TPSA) is 66.9 Å². The predicted octanol–water partition coefficient (Wildman–Crippen LogP) is 3.06. The molecule has 0 spiro atoms. The number of carbonyl (C=O) groups is 1. The summed E-state index contributed by atoms with van der Waals surface area (Å²) in [6, 6.07) is 13.7. The van der Waals surface area contributed by atoms with Gasteiger partial charge in [-0.2, -0.15) is 4.31 Å². The first kappa shape index (κ1) is 21.8. The lowest BCUT2D eigenvalue weighted by Crippen LogP contribution is -2.40. The van der Waals surface area contributed by atoms with Crippen LogP contribution in [-0.4, -0.2) is 62.9 Å². The molecular formula is C21H25ClN2O4S. The molecule has 1 atom stereocenters. The molecule has 8 heteroatoms. The zero-order valence-corrected chi connectivity index (χ0v) is 18.1.